The molecule has 0 aliphatic carbocycles. The number of ether oxygens (including phenoxy) is 1. The molecule has 0 amide bonds. The van der Waals surface area contributed by atoms with Gasteiger partial charge in [0.25, 0.3) is 6.26 Å². The maximum atomic E-state index is 8.54. The topological polar surface area (TPSA) is 69.8 Å². The Morgan fingerprint density at radius 3 is 2.67 bits per heavy atom. The molecule has 0 saturated heterocycles. The number of hydrogen-bond acceptors (Lipinski definition) is 4. The van der Waals surface area contributed by atoms with E-state index in [4.69, 9.17) is 15.4 Å². The van der Waals surface area contributed by atoms with Gasteiger partial charge in [-0.15, -0.1) is 5.26 Å². The Hall–Kier alpha value is -1.67. The third-order valence-corrected chi connectivity index (χ3v) is 2.26. The molecule has 1 heterocycles. The predicted molar refractivity (Wildman–Crippen MR) is 68.6 cm³/mol. The van der Waals surface area contributed by atoms with Gasteiger partial charge in [0.2, 0.25) is 0 Å². The number of hydrogen-bond donors (Lipinski definition) is 1. The molecule has 5 heteroatoms. The molecule has 0 bridgehead atoms. The first kappa shape index (κ1) is 14.4. The van der Waals surface area contributed by atoms with E-state index in [0.29, 0.717) is 16.9 Å². The van der Waals surface area contributed by atoms with Crippen LogP contribution in [0.1, 0.15) is 11.1 Å². The molecule has 18 heavy (non-hydrogen) atoms. The average Bonchev–Trinajstić information content (AvgIpc) is 2.40. The largest absolute Gasteiger partial charge is 0.387 e. The zero-order valence-electron chi connectivity index (χ0n) is 9.92. The number of rotatable bonds is 3. The van der Waals surface area contributed by atoms with E-state index in [9.17, 15) is 0 Å². The van der Waals surface area contributed by atoms with Crippen LogP contribution in [0, 0.1) is 16.9 Å². The molecule has 1 N–H and O–H groups in total. The molecule has 0 aliphatic rings. The summed E-state index contributed by atoms with van der Waals surface area (Å²) in [6, 6.07) is 10.5. The van der Waals surface area contributed by atoms with Crippen LogP contribution in [0.5, 0.6) is 5.75 Å². The molecule has 0 saturated carbocycles. The zero-order chi connectivity index (χ0) is 12.1. The molecule has 0 unspecified atom stereocenters. The molecule has 0 atom stereocenters. The van der Waals surface area contributed by atoms with Crippen molar-refractivity contribution >= 4 is 35.3 Å². The summed E-state index contributed by atoms with van der Waals surface area (Å²) in [5.41, 5.74) is 1.53. The van der Waals surface area contributed by atoms with Crippen LogP contribution in [0.25, 0.3) is 0 Å². The van der Waals surface area contributed by atoms with Gasteiger partial charge in [0.15, 0.2) is 5.75 Å². The summed E-state index contributed by atoms with van der Waals surface area (Å²) in [5.74, 6) is 0.379. The van der Waals surface area contributed by atoms with Gasteiger partial charge in [-0.3, -0.25) is 10.4 Å². The second-order valence-corrected chi connectivity index (χ2v) is 3.31. The Morgan fingerprint density at radius 2 is 2.00 bits per heavy atom. The van der Waals surface area contributed by atoms with Crippen LogP contribution in [-0.2, 0) is 0 Å². The zero-order valence-corrected chi connectivity index (χ0v) is 11.9. The van der Waals surface area contributed by atoms with Gasteiger partial charge in [0, 0.05) is 53.1 Å². The van der Waals surface area contributed by atoms with Crippen molar-refractivity contribution in [3.05, 3.63) is 59.9 Å². The number of aromatic nitrogens is 1. The van der Waals surface area contributed by atoms with Crippen molar-refractivity contribution in [2.24, 2.45) is 0 Å². The van der Waals surface area contributed by atoms with Crippen molar-refractivity contribution in [3.8, 4) is 12.0 Å². The molecule has 2 rings (SSSR count). The second-order valence-electron chi connectivity index (χ2n) is 3.31. The molecule has 0 spiro atoms. The first-order valence-electron chi connectivity index (χ1n) is 4.97. The fourth-order valence-corrected chi connectivity index (χ4v) is 1.48. The minimum absolute atomic E-state index is 0. The van der Waals surface area contributed by atoms with Gasteiger partial charge in [-0.05, 0) is 24.3 Å². The third kappa shape index (κ3) is 3.17. The summed E-state index contributed by atoms with van der Waals surface area (Å²) in [6.07, 6.45) is 4.87. The van der Waals surface area contributed by atoms with Gasteiger partial charge >= 0.3 is 0 Å². The molecule has 1 radical (unpaired) electrons. The minimum atomic E-state index is 0. The third-order valence-electron chi connectivity index (χ3n) is 2.26. The van der Waals surface area contributed by atoms with E-state index >= 15 is 0 Å². The number of nitrogens with zero attached hydrogens (tertiary/aromatic N) is 2. The van der Waals surface area contributed by atoms with Crippen molar-refractivity contribution < 1.29 is 4.74 Å². The second kappa shape index (κ2) is 6.92. The fraction of sp³-hybridized carbons (Fsp3) is 0. The summed E-state index contributed by atoms with van der Waals surface area (Å²) < 4.78 is 4.82. The Balaban J connectivity index is 0.00000162. The van der Waals surface area contributed by atoms with Gasteiger partial charge in [0.1, 0.15) is 0 Å². The van der Waals surface area contributed by atoms with Crippen LogP contribution in [0.4, 0.5) is 0 Å². The van der Waals surface area contributed by atoms with Crippen molar-refractivity contribution in [3.63, 3.8) is 0 Å². The molecule has 4 nitrogen and oxygen atoms in total. The van der Waals surface area contributed by atoms with Crippen molar-refractivity contribution in [1.29, 1.82) is 10.7 Å². The first-order chi connectivity index (χ1) is 8.33. The normalized spacial score (nSPS) is 8.83. The molecule has 1 aromatic heterocycles. The number of benzene rings is 1. The molecular formula is C13H9N3NaO. The van der Waals surface area contributed by atoms with E-state index in [1.165, 1.54) is 0 Å². The number of nitrogens with one attached hydrogen (secondary N) is 1. The standard InChI is InChI=1S/C13H9N3O.Na/c14-9-17-12-6-2-1-5-11(12)13(15)10-4-3-7-16-8-10;/h1-8,15H;. The minimum Gasteiger partial charge on any atom is -0.387 e. The first-order valence-corrected chi connectivity index (χ1v) is 4.97. The van der Waals surface area contributed by atoms with Gasteiger partial charge < -0.3 is 4.74 Å². The smallest absolute Gasteiger partial charge is 0.292 e. The van der Waals surface area contributed by atoms with Crippen molar-refractivity contribution in [2.75, 3.05) is 0 Å². The van der Waals surface area contributed by atoms with E-state index in [0.717, 1.165) is 0 Å². The molecular weight excluding hydrogens is 237 g/mol. The van der Waals surface area contributed by atoms with Crippen LogP contribution in [0.15, 0.2) is 48.8 Å². The van der Waals surface area contributed by atoms with E-state index in [1.807, 2.05) is 0 Å². The quantitative estimate of drug-likeness (QED) is 0.511. The summed E-state index contributed by atoms with van der Waals surface area (Å²) in [6.45, 7) is 0. The summed E-state index contributed by atoms with van der Waals surface area (Å²) >= 11 is 0. The Morgan fingerprint density at radius 1 is 1.22 bits per heavy atom. The van der Waals surface area contributed by atoms with E-state index in [-0.39, 0.29) is 35.3 Å². The number of pyridine rings is 1. The van der Waals surface area contributed by atoms with E-state index in [1.54, 1.807) is 55.0 Å². The molecule has 2 aromatic rings. The number of para-hydroxylation sites is 1. The average molecular weight is 246 g/mol. The number of nitriles is 1. The van der Waals surface area contributed by atoms with Gasteiger partial charge in [-0.2, -0.15) is 0 Å². The van der Waals surface area contributed by atoms with Crippen LogP contribution in [0.2, 0.25) is 0 Å². The van der Waals surface area contributed by atoms with Crippen LogP contribution in [0.3, 0.4) is 0 Å². The van der Waals surface area contributed by atoms with Crippen LogP contribution >= 0.6 is 0 Å². The maximum absolute atomic E-state index is 8.54. The van der Waals surface area contributed by atoms with Crippen LogP contribution in [-0.4, -0.2) is 40.3 Å². The van der Waals surface area contributed by atoms with Gasteiger partial charge in [-0.25, -0.2) is 0 Å². The summed E-state index contributed by atoms with van der Waals surface area (Å²) in [4.78, 5) is 3.96. The summed E-state index contributed by atoms with van der Waals surface area (Å²) in [5, 5.41) is 16.6. The SMILES string of the molecule is N#COc1ccccc1C(=N)c1cccnc1.[Na]. The Kier molecular flexibility index (Phi) is 5.53. The molecule has 0 aliphatic heterocycles. The monoisotopic (exact) mass is 246 g/mol. The van der Waals surface area contributed by atoms with Gasteiger partial charge in [-0.1, -0.05) is 12.1 Å². The summed E-state index contributed by atoms with van der Waals surface area (Å²) in [7, 11) is 0. The Bertz CT molecular complexity index is 578. The fourth-order valence-electron chi connectivity index (χ4n) is 1.48. The van der Waals surface area contributed by atoms with E-state index < -0.39 is 0 Å². The molecule has 1 aromatic carbocycles. The maximum Gasteiger partial charge on any atom is 0.292 e. The van der Waals surface area contributed by atoms with Crippen molar-refractivity contribution in [1.82, 2.24) is 4.98 Å². The molecule has 83 valence electrons. The van der Waals surface area contributed by atoms with E-state index in [2.05, 4.69) is 4.98 Å². The van der Waals surface area contributed by atoms with Crippen molar-refractivity contribution in [2.45, 2.75) is 0 Å². The predicted octanol–water partition coefficient (Wildman–Crippen LogP) is 1.98. The van der Waals surface area contributed by atoms with Crippen LogP contribution < -0.4 is 4.74 Å². The Labute approximate surface area is 127 Å². The molecule has 0 fully saturated rings. The van der Waals surface area contributed by atoms with Gasteiger partial charge in [0.05, 0.1) is 5.71 Å².